The van der Waals surface area contributed by atoms with Crippen LogP contribution >= 0.6 is 12.4 Å². The van der Waals surface area contributed by atoms with E-state index in [9.17, 15) is 0 Å². The van der Waals surface area contributed by atoms with Gasteiger partial charge in [-0.15, -0.1) is 12.4 Å². The number of piperidine rings is 1. The lowest BCUT2D eigenvalue weighted by Crippen LogP contribution is -2.29. The molecule has 4 heteroatoms. The number of hydrogen-bond donors (Lipinski definition) is 1. The van der Waals surface area contributed by atoms with Crippen molar-refractivity contribution in [3.8, 4) is 0 Å². The van der Waals surface area contributed by atoms with Gasteiger partial charge in [-0.05, 0) is 44.7 Å². The lowest BCUT2D eigenvalue weighted by atomic mass is 9.91. The molecule has 1 saturated carbocycles. The molecule has 1 aromatic rings. The van der Waals surface area contributed by atoms with Gasteiger partial charge in [0, 0.05) is 12.0 Å². The van der Waals surface area contributed by atoms with Crippen LogP contribution in [0.4, 0.5) is 0 Å². The van der Waals surface area contributed by atoms with Crippen LogP contribution in [0, 0.1) is 12.3 Å². The van der Waals surface area contributed by atoms with Crippen LogP contribution in [0.2, 0.25) is 0 Å². The van der Waals surface area contributed by atoms with E-state index in [0.29, 0.717) is 11.3 Å². The third kappa shape index (κ3) is 1.79. The highest BCUT2D eigenvalue weighted by Crippen LogP contribution is 2.64. The molecule has 2 fully saturated rings. The first-order valence-electron chi connectivity index (χ1n) is 5.44. The van der Waals surface area contributed by atoms with Crippen LogP contribution in [-0.4, -0.2) is 18.2 Å². The fourth-order valence-electron chi connectivity index (χ4n) is 2.77. The van der Waals surface area contributed by atoms with E-state index < -0.39 is 0 Å². The Morgan fingerprint density at radius 2 is 2.20 bits per heavy atom. The van der Waals surface area contributed by atoms with E-state index in [4.69, 9.17) is 4.52 Å². The van der Waals surface area contributed by atoms with E-state index in [0.717, 1.165) is 11.5 Å². The molecule has 1 aliphatic heterocycles. The molecule has 1 saturated heterocycles. The molecule has 1 unspecified atom stereocenters. The largest absolute Gasteiger partial charge is 0.361 e. The monoisotopic (exact) mass is 228 g/mol. The number of aromatic nitrogens is 1. The molecule has 2 heterocycles. The minimum Gasteiger partial charge on any atom is -0.361 e. The SMILES string of the molecule is Cc1cc(C2CC23CCNCC3)on1.Cl. The van der Waals surface area contributed by atoms with Gasteiger partial charge in [0.25, 0.3) is 0 Å². The van der Waals surface area contributed by atoms with Crippen molar-refractivity contribution in [2.45, 2.75) is 32.1 Å². The number of nitrogens with one attached hydrogen (secondary N) is 1. The predicted octanol–water partition coefficient (Wildman–Crippen LogP) is 2.26. The summed E-state index contributed by atoms with van der Waals surface area (Å²) in [5.41, 5.74) is 1.58. The minimum absolute atomic E-state index is 0. The number of nitrogens with zero attached hydrogens (tertiary/aromatic N) is 1. The molecule has 1 N–H and O–H groups in total. The summed E-state index contributed by atoms with van der Waals surface area (Å²) in [7, 11) is 0. The number of hydrogen-bond acceptors (Lipinski definition) is 3. The zero-order chi connectivity index (χ0) is 9.60. The number of aryl methyl sites for hydroxylation is 1. The molecule has 0 radical (unpaired) electrons. The summed E-state index contributed by atoms with van der Waals surface area (Å²) in [6.45, 7) is 4.33. The Balaban J connectivity index is 0.000000853. The minimum atomic E-state index is 0. The molecule has 1 aromatic heterocycles. The molecule has 1 aliphatic carbocycles. The van der Waals surface area contributed by atoms with Gasteiger partial charge in [-0.3, -0.25) is 0 Å². The van der Waals surface area contributed by atoms with Crippen molar-refractivity contribution >= 4 is 12.4 Å². The maximum atomic E-state index is 5.35. The molecule has 3 rings (SSSR count). The Morgan fingerprint density at radius 3 is 2.80 bits per heavy atom. The molecule has 0 bridgehead atoms. The van der Waals surface area contributed by atoms with Crippen LogP contribution in [0.15, 0.2) is 10.6 Å². The molecule has 84 valence electrons. The highest BCUT2D eigenvalue weighted by atomic mass is 35.5. The third-order valence-corrected chi connectivity index (χ3v) is 3.78. The summed E-state index contributed by atoms with van der Waals surface area (Å²) in [5.74, 6) is 1.77. The second kappa shape index (κ2) is 3.80. The molecule has 1 spiro atoms. The first-order chi connectivity index (χ1) is 6.80. The van der Waals surface area contributed by atoms with Crippen LogP contribution in [-0.2, 0) is 0 Å². The third-order valence-electron chi connectivity index (χ3n) is 3.78. The quantitative estimate of drug-likeness (QED) is 0.802. The highest BCUT2D eigenvalue weighted by molar-refractivity contribution is 5.85. The van der Waals surface area contributed by atoms with Crippen molar-refractivity contribution in [3.05, 3.63) is 17.5 Å². The van der Waals surface area contributed by atoms with Crippen molar-refractivity contribution in [3.63, 3.8) is 0 Å². The topological polar surface area (TPSA) is 38.1 Å². The van der Waals surface area contributed by atoms with E-state index in [2.05, 4.69) is 16.5 Å². The number of rotatable bonds is 1. The maximum Gasteiger partial charge on any atom is 0.140 e. The van der Waals surface area contributed by atoms with Crippen molar-refractivity contribution in [2.24, 2.45) is 5.41 Å². The van der Waals surface area contributed by atoms with Crippen molar-refractivity contribution in [2.75, 3.05) is 13.1 Å². The van der Waals surface area contributed by atoms with Gasteiger partial charge in [-0.2, -0.15) is 0 Å². The molecule has 3 nitrogen and oxygen atoms in total. The van der Waals surface area contributed by atoms with Gasteiger partial charge in [0.05, 0.1) is 5.69 Å². The standard InChI is InChI=1S/C11H16N2O.ClH/c1-8-6-10(14-13-8)9-7-11(9)2-4-12-5-3-11;/h6,9,12H,2-5,7H2,1H3;1H. The molecule has 15 heavy (non-hydrogen) atoms. The molecule has 0 amide bonds. The summed E-state index contributed by atoms with van der Waals surface area (Å²) in [5, 5.41) is 7.38. The first kappa shape index (κ1) is 11.0. The first-order valence-corrected chi connectivity index (χ1v) is 5.44. The average molecular weight is 229 g/mol. The summed E-state index contributed by atoms with van der Waals surface area (Å²) >= 11 is 0. The van der Waals surface area contributed by atoms with E-state index in [1.807, 2.05) is 6.92 Å². The molecule has 1 atom stereocenters. The Morgan fingerprint density at radius 1 is 1.47 bits per heavy atom. The lowest BCUT2D eigenvalue weighted by molar-refractivity contribution is 0.314. The number of halogens is 1. The van der Waals surface area contributed by atoms with Gasteiger partial charge in [0.1, 0.15) is 5.76 Å². The normalized spacial score (nSPS) is 27.4. The zero-order valence-corrected chi connectivity index (χ0v) is 9.77. The average Bonchev–Trinajstić information content (AvgIpc) is 2.70. The van der Waals surface area contributed by atoms with Crippen LogP contribution in [0.3, 0.4) is 0 Å². The van der Waals surface area contributed by atoms with Gasteiger partial charge < -0.3 is 9.84 Å². The Kier molecular flexibility index (Phi) is 2.77. The van der Waals surface area contributed by atoms with Crippen LogP contribution in [0.25, 0.3) is 0 Å². The van der Waals surface area contributed by atoms with Crippen LogP contribution in [0.1, 0.15) is 36.6 Å². The summed E-state index contributed by atoms with van der Waals surface area (Å²) in [6.07, 6.45) is 3.91. The molecular formula is C11H17ClN2O. The highest BCUT2D eigenvalue weighted by Gasteiger charge is 2.56. The summed E-state index contributed by atoms with van der Waals surface area (Å²) in [4.78, 5) is 0. The lowest BCUT2D eigenvalue weighted by Gasteiger charge is -2.22. The Hall–Kier alpha value is -0.540. The van der Waals surface area contributed by atoms with Crippen molar-refractivity contribution in [1.29, 1.82) is 0 Å². The van der Waals surface area contributed by atoms with Gasteiger partial charge in [0.2, 0.25) is 0 Å². The van der Waals surface area contributed by atoms with Gasteiger partial charge in [0.15, 0.2) is 0 Å². The van der Waals surface area contributed by atoms with E-state index in [1.54, 1.807) is 0 Å². The molecule has 0 aromatic carbocycles. The van der Waals surface area contributed by atoms with Crippen molar-refractivity contribution in [1.82, 2.24) is 10.5 Å². The Bertz CT molecular complexity index is 344. The summed E-state index contributed by atoms with van der Waals surface area (Å²) < 4.78 is 5.35. The van der Waals surface area contributed by atoms with E-state index in [-0.39, 0.29) is 12.4 Å². The molecular weight excluding hydrogens is 212 g/mol. The summed E-state index contributed by atoms with van der Waals surface area (Å²) in [6, 6.07) is 2.10. The van der Waals surface area contributed by atoms with E-state index in [1.165, 1.54) is 32.4 Å². The predicted molar refractivity (Wildman–Crippen MR) is 60.4 cm³/mol. The van der Waals surface area contributed by atoms with Gasteiger partial charge >= 0.3 is 0 Å². The zero-order valence-electron chi connectivity index (χ0n) is 8.95. The fourth-order valence-corrected chi connectivity index (χ4v) is 2.77. The van der Waals surface area contributed by atoms with Crippen LogP contribution < -0.4 is 5.32 Å². The van der Waals surface area contributed by atoms with E-state index >= 15 is 0 Å². The fraction of sp³-hybridized carbons (Fsp3) is 0.727. The smallest absolute Gasteiger partial charge is 0.140 e. The van der Waals surface area contributed by atoms with Gasteiger partial charge in [-0.1, -0.05) is 5.16 Å². The van der Waals surface area contributed by atoms with Gasteiger partial charge in [-0.25, -0.2) is 0 Å². The van der Waals surface area contributed by atoms with Crippen LogP contribution in [0.5, 0.6) is 0 Å². The second-order valence-electron chi connectivity index (χ2n) is 4.74. The Labute approximate surface area is 96.0 Å². The van der Waals surface area contributed by atoms with Crippen molar-refractivity contribution < 1.29 is 4.52 Å². The second-order valence-corrected chi connectivity index (χ2v) is 4.74. The maximum absolute atomic E-state index is 5.35. The molecule has 2 aliphatic rings.